The van der Waals surface area contributed by atoms with Gasteiger partial charge in [0.1, 0.15) is 5.54 Å². The minimum Gasteiger partial charge on any atom is -0.368 e. The first-order valence-corrected chi connectivity index (χ1v) is 5.58. The smallest absolute Gasteiger partial charge is 0.242 e. The second-order valence-corrected chi connectivity index (χ2v) is 4.56. The van der Waals surface area contributed by atoms with Gasteiger partial charge in [0, 0.05) is 12.4 Å². The Morgan fingerprint density at radius 1 is 1.69 bits per heavy atom. The molecule has 2 rings (SSSR count). The van der Waals surface area contributed by atoms with Crippen molar-refractivity contribution in [3.05, 3.63) is 30.1 Å². The average Bonchev–Trinajstić information content (AvgIpc) is 3.10. The summed E-state index contributed by atoms with van der Waals surface area (Å²) >= 11 is 0. The van der Waals surface area contributed by atoms with Crippen molar-refractivity contribution < 1.29 is 4.79 Å². The van der Waals surface area contributed by atoms with Gasteiger partial charge in [-0.3, -0.25) is 15.1 Å². The maximum atomic E-state index is 11.6. The van der Waals surface area contributed by atoms with Gasteiger partial charge in [-0.1, -0.05) is 6.07 Å². The van der Waals surface area contributed by atoms with E-state index in [2.05, 4.69) is 10.3 Å². The zero-order valence-corrected chi connectivity index (χ0v) is 9.44. The third kappa shape index (κ3) is 2.22. The van der Waals surface area contributed by atoms with Gasteiger partial charge in [-0.25, -0.2) is 0 Å². The number of amides is 1. The van der Waals surface area contributed by atoms with Gasteiger partial charge in [0.25, 0.3) is 0 Å². The predicted octanol–water partition coefficient (Wildman–Crippen LogP) is 0.782. The van der Waals surface area contributed by atoms with Crippen LogP contribution in [-0.4, -0.2) is 17.4 Å². The monoisotopic (exact) mass is 219 g/mol. The average molecular weight is 219 g/mol. The molecule has 1 unspecified atom stereocenters. The topological polar surface area (TPSA) is 68.0 Å². The number of carbonyl (C=O) groups excluding carboxylic acids is 1. The second kappa shape index (κ2) is 4.22. The number of hydrogen-bond donors (Lipinski definition) is 2. The van der Waals surface area contributed by atoms with E-state index < -0.39 is 5.54 Å². The lowest BCUT2D eigenvalue weighted by molar-refractivity contribution is -0.124. The molecule has 1 aliphatic rings. The van der Waals surface area contributed by atoms with Crippen LogP contribution in [0.2, 0.25) is 0 Å². The minimum absolute atomic E-state index is 0.360. The molecule has 0 aromatic carbocycles. The standard InChI is InChI=1S/C12H17N3O/c1-12(11(13)16,15-7-9-4-5-9)10-3-2-6-14-8-10/h2-3,6,8-9,15H,4-5,7H2,1H3,(H2,13,16). The van der Waals surface area contributed by atoms with Gasteiger partial charge >= 0.3 is 0 Å². The van der Waals surface area contributed by atoms with Crippen LogP contribution in [0, 0.1) is 5.92 Å². The molecule has 1 saturated carbocycles. The summed E-state index contributed by atoms with van der Waals surface area (Å²) in [5.41, 5.74) is 5.49. The lowest BCUT2D eigenvalue weighted by atomic mass is 9.92. The fourth-order valence-corrected chi connectivity index (χ4v) is 1.66. The Kier molecular flexibility index (Phi) is 2.92. The number of aromatic nitrogens is 1. The van der Waals surface area contributed by atoms with Crippen molar-refractivity contribution in [2.45, 2.75) is 25.3 Å². The van der Waals surface area contributed by atoms with Crippen LogP contribution in [0.5, 0.6) is 0 Å². The lowest BCUT2D eigenvalue weighted by Gasteiger charge is -2.27. The molecule has 1 amide bonds. The number of nitrogens with zero attached hydrogens (tertiary/aromatic N) is 1. The fourth-order valence-electron chi connectivity index (χ4n) is 1.66. The Labute approximate surface area is 95.3 Å². The molecule has 0 spiro atoms. The molecule has 1 atom stereocenters. The van der Waals surface area contributed by atoms with Crippen LogP contribution in [0.15, 0.2) is 24.5 Å². The van der Waals surface area contributed by atoms with Crippen molar-refractivity contribution in [1.82, 2.24) is 10.3 Å². The highest BCUT2D eigenvalue weighted by Gasteiger charge is 2.35. The predicted molar refractivity (Wildman–Crippen MR) is 61.5 cm³/mol. The molecule has 0 aliphatic heterocycles. The molecular weight excluding hydrogens is 202 g/mol. The van der Waals surface area contributed by atoms with Gasteiger partial charge in [-0.2, -0.15) is 0 Å². The van der Waals surface area contributed by atoms with E-state index in [4.69, 9.17) is 5.73 Å². The minimum atomic E-state index is -0.809. The van der Waals surface area contributed by atoms with E-state index in [1.165, 1.54) is 12.8 Å². The van der Waals surface area contributed by atoms with Crippen LogP contribution in [0.25, 0.3) is 0 Å². The molecule has 1 aliphatic carbocycles. The number of nitrogens with two attached hydrogens (primary N) is 1. The van der Waals surface area contributed by atoms with Gasteiger partial charge in [0.2, 0.25) is 5.91 Å². The summed E-state index contributed by atoms with van der Waals surface area (Å²) in [4.78, 5) is 15.6. The van der Waals surface area contributed by atoms with E-state index in [0.717, 1.165) is 12.1 Å². The Morgan fingerprint density at radius 2 is 2.44 bits per heavy atom. The SMILES string of the molecule is CC(NCC1CC1)(C(N)=O)c1cccnc1. The Hall–Kier alpha value is -1.42. The normalized spacial score (nSPS) is 19.1. The highest BCUT2D eigenvalue weighted by Crippen LogP contribution is 2.29. The summed E-state index contributed by atoms with van der Waals surface area (Å²) in [5.74, 6) is 0.344. The first-order chi connectivity index (χ1) is 7.63. The number of carbonyl (C=O) groups is 1. The van der Waals surface area contributed by atoms with Crippen LogP contribution < -0.4 is 11.1 Å². The molecule has 16 heavy (non-hydrogen) atoms. The summed E-state index contributed by atoms with van der Waals surface area (Å²) in [6.07, 6.45) is 5.86. The zero-order valence-electron chi connectivity index (χ0n) is 9.44. The molecule has 1 aromatic rings. The van der Waals surface area contributed by atoms with E-state index in [1.807, 2.05) is 19.1 Å². The van der Waals surface area contributed by atoms with Gasteiger partial charge in [0.05, 0.1) is 0 Å². The summed E-state index contributed by atoms with van der Waals surface area (Å²) in [6, 6.07) is 3.69. The Balaban J connectivity index is 2.16. The van der Waals surface area contributed by atoms with Crippen LogP contribution in [0.1, 0.15) is 25.3 Å². The van der Waals surface area contributed by atoms with E-state index in [1.54, 1.807) is 12.4 Å². The van der Waals surface area contributed by atoms with Crippen LogP contribution >= 0.6 is 0 Å². The summed E-state index contributed by atoms with van der Waals surface area (Å²) in [5, 5.41) is 3.26. The molecule has 1 aromatic heterocycles. The van der Waals surface area contributed by atoms with Crippen molar-refractivity contribution >= 4 is 5.91 Å². The molecule has 1 fully saturated rings. The number of primary amides is 1. The zero-order chi connectivity index (χ0) is 11.6. The molecule has 0 bridgehead atoms. The lowest BCUT2D eigenvalue weighted by Crippen LogP contribution is -2.51. The molecular formula is C12H17N3O. The Morgan fingerprint density at radius 3 is 2.94 bits per heavy atom. The summed E-state index contributed by atoms with van der Waals surface area (Å²) in [7, 11) is 0. The maximum absolute atomic E-state index is 11.6. The fraction of sp³-hybridized carbons (Fsp3) is 0.500. The van der Waals surface area contributed by atoms with E-state index in [9.17, 15) is 4.79 Å². The largest absolute Gasteiger partial charge is 0.368 e. The molecule has 4 heteroatoms. The quantitative estimate of drug-likeness (QED) is 0.769. The van der Waals surface area contributed by atoms with E-state index in [-0.39, 0.29) is 5.91 Å². The summed E-state index contributed by atoms with van der Waals surface area (Å²) in [6.45, 7) is 2.66. The van der Waals surface area contributed by atoms with Gasteiger partial charge < -0.3 is 5.73 Å². The number of pyridine rings is 1. The highest BCUT2D eigenvalue weighted by atomic mass is 16.1. The molecule has 3 N–H and O–H groups in total. The van der Waals surface area contributed by atoms with Gasteiger partial charge in [-0.05, 0) is 43.9 Å². The third-order valence-corrected chi connectivity index (χ3v) is 3.17. The first-order valence-electron chi connectivity index (χ1n) is 5.58. The van der Waals surface area contributed by atoms with E-state index >= 15 is 0 Å². The van der Waals surface area contributed by atoms with Crippen LogP contribution in [-0.2, 0) is 10.3 Å². The van der Waals surface area contributed by atoms with Crippen molar-refractivity contribution in [3.63, 3.8) is 0 Å². The first kappa shape index (κ1) is 11.1. The van der Waals surface area contributed by atoms with Crippen molar-refractivity contribution in [3.8, 4) is 0 Å². The van der Waals surface area contributed by atoms with Crippen LogP contribution in [0.4, 0.5) is 0 Å². The molecule has 86 valence electrons. The molecule has 4 nitrogen and oxygen atoms in total. The van der Waals surface area contributed by atoms with Gasteiger partial charge in [-0.15, -0.1) is 0 Å². The maximum Gasteiger partial charge on any atom is 0.242 e. The summed E-state index contributed by atoms with van der Waals surface area (Å²) < 4.78 is 0. The van der Waals surface area contributed by atoms with Gasteiger partial charge in [0.15, 0.2) is 0 Å². The molecule has 0 saturated heterocycles. The van der Waals surface area contributed by atoms with E-state index in [0.29, 0.717) is 5.92 Å². The highest BCUT2D eigenvalue weighted by molar-refractivity contribution is 5.85. The number of nitrogens with one attached hydrogen (secondary N) is 1. The van der Waals surface area contributed by atoms with Crippen LogP contribution in [0.3, 0.4) is 0 Å². The van der Waals surface area contributed by atoms with Crippen molar-refractivity contribution in [2.24, 2.45) is 11.7 Å². The van der Waals surface area contributed by atoms with Crippen molar-refractivity contribution in [2.75, 3.05) is 6.54 Å². The number of hydrogen-bond acceptors (Lipinski definition) is 3. The third-order valence-electron chi connectivity index (χ3n) is 3.17. The van der Waals surface area contributed by atoms with Crippen molar-refractivity contribution in [1.29, 1.82) is 0 Å². The molecule has 0 radical (unpaired) electrons. The second-order valence-electron chi connectivity index (χ2n) is 4.56. The molecule has 1 heterocycles. The Bertz CT molecular complexity index is 375. The number of rotatable bonds is 5.